The van der Waals surface area contributed by atoms with Crippen LogP contribution in [0.25, 0.3) is 0 Å². The van der Waals surface area contributed by atoms with Crippen LogP contribution in [-0.2, 0) is 4.79 Å². The number of halogens is 2. The molecular formula is C21H22ClFN4O2. The molecule has 0 saturated carbocycles. The number of likely N-dealkylation sites (tertiary alicyclic amines) is 1. The first-order valence-corrected chi connectivity index (χ1v) is 9.83. The standard InChI is InChI=1S/C21H22ClFN4O2/c1-25-12-19(28)27(18-4-2-3-16(23)11-18)14-21(25)9-10-26(13-21)20(29)24-17-7-5-15(22)6-8-17/h2-8,11H,9-10,12-14H2,1H3,(H,24,29)/t21-/m1/s1. The molecule has 2 saturated heterocycles. The second-order valence-electron chi connectivity index (χ2n) is 7.65. The number of likely N-dealkylation sites (N-methyl/N-ethyl adjacent to an activating group) is 1. The Morgan fingerprint density at radius 1 is 1.17 bits per heavy atom. The average molecular weight is 417 g/mol. The molecule has 2 heterocycles. The van der Waals surface area contributed by atoms with Gasteiger partial charge in [-0.25, -0.2) is 9.18 Å². The van der Waals surface area contributed by atoms with Crippen molar-refractivity contribution in [3.05, 3.63) is 59.4 Å². The summed E-state index contributed by atoms with van der Waals surface area (Å²) in [4.78, 5) is 30.7. The van der Waals surface area contributed by atoms with Gasteiger partial charge < -0.3 is 15.1 Å². The number of amides is 3. The van der Waals surface area contributed by atoms with Crippen molar-refractivity contribution in [3.8, 4) is 0 Å². The molecule has 2 aliphatic heterocycles. The number of carbonyl (C=O) groups is 2. The van der Waals surface area contributed by atoms with Crippen molar-refractivity contribution in [2.24, 2.45) is 0 Å². The summed E-state index contributed by atoms with van der Waals surface area (Å²) in [5, 5.41) is 3.49. The zero-order chi connectivity index (χ0) is 20.6. The van der Waals surface area contributed by atoms with Crippen LogP contribution in [0.4, 0.5) is 20.6 Å². The first kappa shape index (κ1) is 19.7. The number of benzene rings is 2. The van der Waals surface area contributed by atoms with E-state index in [4.69, 9.17) is 11.6 Å². The van der Waals surface area contributed by atoms with Crippen LogP contribution < -0.4 is 10.2 Å². The highest BCUT2D eigenvalue weighted by atomic mass is 35.5. The van der Waals surface area contributed by atoms with Crippen molar-refractivity contribution in [2.75, 3.05) is 43.4 Å². The minimum atomic E-state index is -0.376. The number of piperazine rings is 1. The first-order valence-electron chi connectivity index (χ1n) is 9.45. The SMILES string of the molecule is CN1CC(=O)N(c2cccc(F)c2)C[C@]12CCN(C(=O)Nc1ccc(Cl)cc1)C2. The van der Waals surface area contributed by atoms with Crippen LogP contribution in [0.5, 0.6) is 0 Å². The highest BCUT2D eigenvalue weighted by Crippen LogP contribution is 2.33. The summed E-state index contributed by atoms with van der Waals surface area (Å²) in [5.41, 5.74) is 0.859. The largest absolute Gasteiger partial charge is 0.323 e. The topological polar surface area (TPSA) is 55.9 Å². The van der Waals surface area contributed by atoms with Crippen molar-refractivity contribution in [1.82, 2.24) is 9.80 Å². The van der Waals surface area contributed by atoms with Crippen LogP contribution in [0.1, 0.15) is 6.42 Å². The molecule has 0 bridgehead atoms. The molecule has 2 aromatic rings. The van der Waals surface area contributed by atoms with Gasteiger partial charge in [0.2, 0.25) is 5.91 Å². The summed E-state index contributed by atoms with van der Waals surface area (Å²) < 4.78 is 13.7. The van der Waals surface area contributed by atoms with Gasteiger partial charge in [-0.1, -0.05) is 17.7 Å². The lowest BCUT2D eigenvalue weighted by molar-refractivity contribution is -0.123. The zero-order valence-electron chi connectivity index (χ0n) is 16.1. The number of hydrogen-bond acceptors (Lipinski definition) is 3. The Morgan fingerprint density at radius 3 is 2.66 bits per heavy atom. The summed E-state index contributed by atoms with van der Waals surface area (Å²) in [5.74, 6) is -0.452. The Bertz CT molecular complexity index is 939. The van der Waals surface area contributed by atoms with Gasteiger partial charge in [0.15, 0.2) is 0 Å². The maximum Gasteiger partial charge on any atom is 0.321 e. The smallest absolute Gasteiger partial charge is 0.321 e. The van der Waals surface area contributed by atoms with E-state index in [1.807, 2.05) is 11.9 Å². The Morgan fingerprint density at radius 2 is 1.93 bits per heavy atom. The molecule has 6 nitrogen and oxygen atoms in total. The summed E-state index contributed by atoms with van der Waals surface area (Å²) in [6.07, 6.45) is 0.733. The number of carbonyl (C=O) groups excluding carboxylic acids is 2. The van der Waals surface area contributed by atoms with Gasteiger partial charge in [-0.05, 0) is 55.9 Å². The summed E-state index contributed by atoms with van der Waals surface area (Å²) in [7, 11) is 1.90. The Kier molecular flexibility index (Phi) is 5.19. The normalized spacial score (nSPS) is 22.4. The maximum atomic E-state index is 13.7. The molecule has 4 rings (SSSR count). The van der Waals surface area contributed by atoms with Gasteiger partial charge in [0, 0.05) is 36.0 Å². The van der Waals surface area contributed by atoms with Crippen molar-refractivity contribution in [1.29, 1.82) is 0 Å². The molecule has 0 aliphatic carbocycles. The van der Waals surface area contributed by atoms with Crippen LogP contribution in [0.15, 0.2) is 48.5 Å². The third-order valence-electron chi connectivity index (χ3n) is 5.77. The minimum Gasteiger partial charge on any atom is -0.323 e. The molecule has 3 amide bonds. The monoisotopic (exact) mass is 416 g/mol. The number of nitrogens with zero attached hydrogens (tertiary/aromatic N) is 3. The van der Waals surface area contributed by atoms with E-state index in [2.05, 4.69) is 5.32 Å². The number of hydrogen-bond donors (Lipinski definition) is 1. The van der Waals surface area contributed by atoms with E-state index in [0.717, 1.165) is 6.42 Å². The van der Waals surface area contributed by atoms with E-state index >= 15 is 0 Å². The van der Waals surface area contributed by atoms with E-state index in [0.29, 0.717) is 36.0 Å². The molecule has 2 aromatic carbocycles. The zero-order valence-corrected chi connectivity index (χ0v) is 16.8. The highest BCUT2D eigenvalue weighted by Gasteiger charge is 2.48. The molecule has 1 N–H and O–H groups in total. The lowest BCUT2D eigenvalue weighted by Crippen LogP contribution is -2.64. The van der Waals surface area contributed by atoms with Gasteiger partial charge in [-0.15, -0.1) is 0 Å². The summed E-state index contributed by atoms with van der Waals surface area (Å²) in [6, 6.07) is 12.8. The van der Waals surface area contributed by atoms with Crippen LogP contribution in [0, 0.1) is 5.82 Å². The van der Waals surface area contributed by atoms with Gasteiger partial charge in [0.1, 0.15) is 5.82 Å². The third-order valence-corrected chi connectivity index (χ3v) is 6.02. The third kappa shape index (κ3) is 3.93. The number of anilines is 2. The maximum absolute atomic E-state index is 13.7. The molecule has 1 spiro atoms. The average Bonchev–Trinajstić information content (AvgIpc) is 3.12. The lowest BCUT2D eigenvalue weighted by Gasteiger charge is -2.46. The van der Waals surface area contributed by atoms with Crippen molar-refractivity contribution in [2.45, 2.75) is 12.0 Å². The molecular weight excluding hydrogens is 395 g/mol. The van der Waals surface area contributed by atoms with Crippen molar-refractivity contribution in [3.63, 3.8) is 0 Å². The second-order valence-corrected chi connectivity index (χ2v) is 8.09. The van der Waals surface area contributed by atoms with E-state index < -0.39 is 0 Å². The molecule has 152 valence electrons. The van der Waals surface area contributed by atoms with Gasteiger partial charge >= 0.3 is 6.03 Å². The number of urea groups is 1. The fourth-order valence-electron chi connectivity index (χ4n) is 4.04. The van der Waals surface area contributed by atoms with E-state index in [1.54, 1.807) is 46.2 Å². The minimum absolute atomic E-state index is 0.0761. The molecule has 0 unspecified atom stereocenters. The van der Waals surface area contributed by atoms with Crippen molar-refractivity contribution < 1.29 is 14.0 Å². The lowest BCUT2D eigenvalue weighted by atomic mass is 9.92. The molecule has 2 aliphatic rings. The van der Waals surface area contributed by atoms with Crippen molar-refractivity contribution >= 4 is 34.9 Å². The van der Waals surface area contributed by atoms with Crippen LogP contribution >= 0.6 is 11.6 Å². The molecule has 8 heteroatoms. The van der Waals surface area contributed by atoms with E-state index in [-0.39, 0.29) is 29.8 Å². The van der Waals surface area contributed by atoms with Crippen LogP contribution in [-0.4, -0.2) is 60.5 Å². The molecule has 0 aromatic heterocycles. The number of nitrogens with one attached hydrogen (secondary N) is 1. The fraction of sp³-hybridized carbons (Fsp3) is 0.333. The van der Waals surface area contributed by atoms with Gasteiger partial charge in [0.05, 0.1) is 12.1 Å². The fourth-order valence-corrected chi connectivity index (χ4v) is 4.17. The Labute approximate surface area is 173 Å². The highest BCUT2D eigenvalue weighted by molar-refractivity contribution is 6.30. The predicted octanol–water partition coefficient (Wildman–Crippen LogP) is 3.43. The Balaban J connectivity index is 1.49. The van der Waals surface area contributed by atoms with Crippen LogP contribution in [0.2, 0.25) is 5.02 Å². The molecule has 2 fully saturated rings. The van der Waals surface area contributed by atoms with Crippen LogP contribution in [0.3, 0.4) is 0 Å². The van der Waals surface area contributed by atoms with Gasteiger partial charge in [-0.3, -0.25) is 9.69 Å². The second kappa shape index (κ2) is 7.65. The summed E-state index contributed by atoms with van der Waals surface area (Å²) in [6.45, 7) is 1.70. The number of rotatable bonds is 2. The van der Waals surface area contributed by atoms with E-state index in [1.165, 1.54) is 12.1 Å². The summed E-state index contributed by atoms with van der Waals surface area (Å²) >= 11 is 5.89. The molecule has 1 atom stereocenters. The first-order chi connectivity index (χ1) is 13.9. The van der Waals surface area contributed by atoms with E-state index in [9.17, 15) is 14.0 Å². The quantitative estimate of drug-likeness (QED) is 0.816. The van der Waals surface area contributed by atoms with Gasteiger partial charge in [-0.2, -0.15) is 0 Å². The molecule has 0 radical (unpaired) electrons. The predicted molar refractivity (Wildman–Crippen MR) is 111 cm³/mol. The Hall–Kier alpha value is -2.64. The molecule has 29 heavy (non-hydrogen) atoms. The van der Waals surface area contributed by atoms with Gasteiger partial charge in [0.25, 0.3) is 0 Å².